The third-order valence-electron chi connectivity index (χ3n) is 6.57. The molecule has 1 aromatic heterocycles. The lowest BCUT2D eigenvalue weighted by atomic mass is 9.75. The number of benzene rings is 1. The SMILES string of the molecule is CCN1C(=O)CC(CC(=O)N2CCN(C(=O)c3ccco3)CC2)(c2cccc(C(F)(F)F)c2)C1=O. The molecule has 0 saturated carbocycles. The van der Waals surface area contributed by atoms with Crippen LogP contribution < -0.4 is 0 Å². The quantitative estimate of drug-likeness (QED) is 0.600. The van der Waals surface area contributed by atoms with Crippen molar-refractivity contribution < 1.29 is 36.8 Å². The Bertz CT molecular complexity index is 1140. The number of piperazine rings is 1. The van der Waals surface area contributed by atoms with E-state index in [1.807, 2.05) is 0 Å². The normalized spacial score (nSPS) is 21.1. The van der Waals surface area contributed by atoms with Crippen molar-refractivity contribution in [3.05, 3.63) is 59.5 Å². The van der Waals surface area contributed by atoms with Crippen molar-refractivity contribution in [2.75, 3.05) is 32.7 Å². The average Bonchev–Trinajstić information content (AvgIpc) is 3.45. The Morgan fingerprint density at radius 2 is 1.71 bits per heavy atom. The van der Waals surface area contributed by atoms with Gasteiger partial charge in [-0.05, 0) is 30.7 Å². The summed E-state index contributed by atoms with van der Waals surface area (Å²) in [7, 11) is 0. The molecule has 8 nitrogen and oxygen atoms in total. The van der Waals surface area contributed by atoms with E-state index in [-0.39, 0.29) is 56.4 Å². The molecule has 11 heteroatoms. The highest BCUT2D eigenvalue weighted by atomic mass is 19.4. The van der Waals surface area contributed by atoms with Crippen LogP contribution in [-0.2, 0) is 26.0 Å². The molecule has 186 valence electrons. The van der Waals surface area contributed by atoms with Crippen LogP contribution in [-0.4, -0.2) is 71.1 Å². The topological polar surface area (TPSA) is 91.1 Å². The summed E-state index contributed by atoms with van der Waals surface area (Å²) in [4.78, 5) is 55.6. The molecular formula is C24H24F3N3O5. The van der Waals surface area contributed by atoms with Crippen molar-refractivity contribution in [2.24, 2.45) is 0 Å². The third kappa shape index (κ3) is 4.54. The van der Waals surface area contributed by atoms with Crippen LogP contribution >= 0.6 is 0 Å². The molecular weight excluding hydrogens is 467 g/mol. The van der Waals surface area contributed by atoms with Crippen molar-refractivity contribution in [3.63, 3.8) is 0 Å². The zero-order chi connectivity index (χ0) is 25.4. The predicted octanol–water partition coefficient (Wildman–Crippen LogP) is 2.69. The summed E-state index contributed by atoms with van der Waals surface area (Å²) in [6.07, 6.45) is -4.08. The van der Waals surface area contributed by atoms with E-state index in [4.69, 9.17) is 4.42 Å². The molecule has 2 aromatic rings. The Kier molecular flexibility index (Phi) is 6.44. The zero-order valence-electron chi connectivity index (χ0n) is 19.0. The van der Waals surface area contributed by atoms with Crippen molar-refractivity contribution >= 4 is 23.6 Å². The second-order valence-electron chi connectivity index (χ2n) is 8.61. The van der Waals surface area contributed by atoms with Crippen LogP contribution in [0.5, 0.6) is 0 Å². The van der Waals surface area contributed by atoms with Crippen molar-refractivity contribution in [1.82, 2.24) is 14.7 Å². The minimum atomic E-state index is -4.64. The van der Waals surface area contributed by atoms with Crippen LogP contribution in [0.1, 0.15) is 41.4 Å². The van der Waals surface area contributed by atoms with E-state index < -0.39 is 41.3 Å². The fourth-order valence-electron chi connectivity index (χ4n) is 4.66. The van der Waals surface area contributed by atoms with Gasteiger partial charge in [0.25, 0.3) is 5.91 Å². The van der Waals surface area contributed by atoms with E-state index in [1.54, 1.807) is 19.1 Å². The molecule has 2 aliphatic heterocycles. The molecule has 0 aliphatic carbocycles. The largest absolute Gasteiger partial charge is 0.459 e. The van der Waals surface area contributed by atoms with E-state index in [0.717, 1.165) is 17.0 Å². The van der Waals surface area contributed by atoms with E-state index in [2.05, 4.69) is 0 Å². The maximum Gasteiger partial charge on any atom is 0.416 e. The van der Waals surface area contributed by atoms with Crippen molar-refractivity contribution in [2.45, 2.75) is 31.4 Å². The van der Waals surface area contributed by atoms with Crippen molar-refractivity contribution in [3.8, 4) is 0 Å². The van der Waals surface area contributed by atoms with E-state index >= 15 is 0 Å². The average molecular weight is 491 g/mol. The summed E-state index contributed by atoms with van der Waals surface area (Å²) in [5.74, 6) is -1.80. The molecule has 0 radical (unpaired) electrons. The predicted molar refractivity (Wildman–Crippen MR) is 116 cm³/mol. The Hall–Kier alpha value is -3.63. The van der Waals surface area contributed by atoms with Gasteiger partial charge in [0.1, 0.15) is 0 Å². The third-order valence-corrected chi connectivity index (χ3v) is 6.57. The highest BCUT2D eigenvalue weighted by molar-refractivity contribution is 6.10. The molecule has 3 heterocycles. The van der Waals surface area contributed by atoms with Gasteiger partial charge in [-0.25, -0.2) is 0 Å². The summed E-state index contributed by atoms with van der Waals surface area (Å²) in [5.41, 5.74) is -2.68. The lowest BCUT2D eigenvalue weighted by Crippen LogP contribution is -2.52. The minimum Gasteiger partial charge on any atom is -0.459 e. The standard InChI is InChI=1S/C24H24F3N3O5/c1-2-30-20(32)15-23(22(30)34,16-5-3-6-17(13-16)24(25,26)27)14-19(31)28-8-10-29(11-9-28)21(33)18-7-4-12-35-18/h3-7,12-13H,2,8-11,14-15H2,1H3. The summed E-state index contributed by atoms with van der Waals surface area (Å²) in [6, 6.07) is 7.40. The number of likely N-dealkylation sites (tertiary alicyclic amines) is 1. The van der Waals surface area contributed by atoms with Gasteiger partial charge in [-0.3, -0.25) is 24.1 Å². The second-order valence-corrected chi connectivity index (χ2v) is 8.61. The number of hydrogen-bond donors (Lipinski definition) is 0. The number of likely N-dealkylation sites (N-methyl/N-ethyl adjacent to an activating group) is 1. The Balaban J connectivity index is 1.56. The smallest absolute Gasteiger partial charge is 0.416 e. The van der Waals surface area contributed by atoms with Gasteiger partial charge in [0, 0.05) is 45.6 Å². The Morgan fingerprint density at radius 3 is 2.29 bits per heavy atom. The van der Waals surface area contributed by atoms with Gasteiger partial charge >= 0.3 is 6.18 Å². The second kappa shape index (κ2) is 9.20. The maximum absolute atomic E-state index is 13.4. The fraction of sp³-hybridized carbons (Fsp3) is 0.417. The van der Waals surface area contributed by atoms with Gasteiger partial charge in [0.2, 0.25) is 17.7 Å². The van der Waals surface area contributed by atoms with Gasteiger partial charge < -0.3 is 14.2 Å². The van der Waals surface area contributed by atoms with Gasteiger partial charge in [-0.1, -0.05) is 18.2 Å². The molecule has 35 heavy (non-hydrogen) atoms. The number of amides is 4. The van der Waals surface area contributed by atoms with Crippen molar-refractivity contribution in [1.29, 1.82) is 0 Å². The molecule has 1 aromatic carbocycles. The molecule has 4 rings (SSSR count). The van der Waals surface area contributed by atoms with E-state index in [0.29, 0.717) is 0 Å². The van der Waals surface area contributed by atoms with Crippen LogP contribution in [0.4, 0.5) is 13.2 Å². The monoisotopic (exact) mass is 491 g/mol. The molecule has 2 saturated heterocycles. The number of nitrogens with zero attached hydrogens (tertiary/aromatic N) is 3. The highest BCUT2D eigenvalue weighted by Gasteiger charge is 2.54. The highest BCUT2D eigenvalue weighted by Crippen LogP contribution is 2.42. The summed E-state index contributed by atoms with van der Waals surface area (Å²) in [5, 5.41) is 0. The number of furan rings is 1. The summed E-state index contributed by atoms with van der Waals surface area (Å²) >= 11 is 0. The van der Waals surface area contributed by atoms with Crippen LogP contribution in [0.15, 0.2) is 47.1 Å². The summed E-state index contributed by atoms with van der Waals surface area (Å²) in [6.45, 7) is 2.48. The Morgan fingerprint density at radius 1 is 1.03 bits per heavy atom. The molecule has 2 aliphatic rings. The number of hydrogen-bond acceptors (Lipinski definition) is 5. The number of halogens is 3. The van der Waals surface area contributed by atoms with Gasteiger partial charge in [-0.15, -0.1) is 0 Å². The van der Waals surface area contributed by atoms with E-state index in [1.165, 1.54) is 28.2 Å². The number of rotatable bonds is 5. The van der Waals surface area contributed by atoms with Crippen LogP contribution in [0.2, 0.25) is 0 Å². The van der Waals surface area contributed by atoms with Gasteiger partial charge in [0.15, 0.2) is 5.76 Å². The fourth-order valence-corrected chi connectivity index (χ4v) is 4.66. The first-order valence-corrected chi connectivity index (χ1v) is 11.2. The molecule has 1 unspecified atom stereocenters. The number of carbonyl (C=O) groups excluding carboxylic acids is 4. The Labute approximate surface area is 199 Å². The lowest BCUT2D eigenvalue weighted by Gasteiger charge is -2.36. The van der Waals surface area contributed by atoms with Crippen LogP contribution in [0, 0.1) is 0 Å². The minimum absolute atomic E-state index is 0.0124. The zero-order valence-corrected chi connectivity index (χ0v) is 19.0. The first-order valence-electron chi connectivity index (χ1n) is 11.2. The van der Waals surface area contributed by atoms with Gasteiger partial charge in [0.05, 0.1) is 17.2 Å². The maximum atomic E-state index is 13.4. The number of carbonyl (C=O) groups is 4. The molecule has 0 spiro atoms. The number of imide groups is 1. The molecule has 1 atom stereocenters. The molecule has 0 N–H and O–H groups in total. The first-order chi connectivity index (χ1) is 16.6. The summed E-state index contributed by atoms with van der Waals surface area (Å²) < 4.78 is 45.3. The van der Waals surface area contributed by atoms with Crippen LogP contribution in [0.3, 0.4) is 0 Å². The molecule has 0 bridgehead atoms. The number of alkyl halides is 3. The van der Waals surface area contributed by atoms with Crippen LogP contribution in [0.25, 0.3) is 0 Å². The molecule has 4 amide bonds. The first kappa shape index (κ1) is 24.5. The molecule has 2 fully saturated rings. The van der Waals surface area contributed by atoms with Gasteiger partial charge in [-0.2, -0.15) is 13.2 Å². The lowest BCUT2D eigenvalue weighted by molar-refractivity contribution is -0.143. The van der Waals surface area contributed by atoms with E-state index in [9.17, 15) is 32.3 Å².